The second kappa shape index (κ2) is 5.97. The van der Waals surface area contributed by atoms with Gasteiger partial charge in [-0.1, -0.05) is 13.3 Å². The van der Waals surface area contributed by atoms with E-state index < -0.39 is 6.10 Å². The second-order valence-electron chi connectivity index (χ2n) is 2.97. The van der Waals surface area contributed by atoms with Crippen LogP contribution in [0.25, 0.3) is 0 Å². The molecule has 4 nitrogen and oxygen atoms in total. The summed E-state index contributed by atoms with van der Waals surface area (Å²) < 4.78 is 5.35. The average Bonchev–Trinajstić information content (AvgIpc) is 2.01. The van der Waals surface area contributed by atoms with Crippen LogP contribution in [0.2, 0.25) is 0 Å². The molecule has 1 unspecified atom stereocenters. The molecule has 0 saturated carbocycles. The molecule has 0 aliphatic rings. The maximum atomic E-state index is 11.1. The van der Waals surface area contributed by atoms with Crippen molar-refractivity contribution in [1.82, 2.24) is 5.43 Å². The quantitative estimate of drug-likeness (QED) is 0.364. The monoisotopic (exact) mass is 174 g/mol. The summed E-state index contributed by atoms with van der Waals surface area (Å²) in [4.78, 5) is 11.1. The summed E-state index contributed by atoms with van der Waals surface area (Å²) in [5.41, 5.74) is 2.09. The number of hydrogen-bond acceptors (Lipinski definition) is 3. The predicted molar refractivity (Wildman–Crippen MR) is 47.2 cm³/mol. The van der Waals surface area contributed by atoms with Crippen molar-refractivity contribution in [3.63, 3.8) is 0 Å². The molecule has 12 heavy (non-hydrogen) atoms. The van der Waals surface area contributed by atoms with Gasteiger partial charge in [-0.2, -0.15) is 0 Å². The van der Waals surface area contributed by atoms with Gasteiger partial charge in [0, 0.05) is 0 Å². The molecule has 0 rings (SSSR count). The Hall–Kier alpha value is -0.610. The molecule has 4 heteroatoms. The number of carbonyl (C=O) groups excluding carboxylic acids is 1. The lowest BCUT2D eigenvalue weighted by atomic mass is 10.2. The van der Waals surface area contributed by atoms with E-state index in [0.29, 0.717) is 6.42 Å². The zero-order chi connectivity index (χ0) is 9.56. The molecule has 0 radical (unpaired) electrons. The Morgan fingerprint density at radius 1 is 1.58 bits per heavy atom. The number of hydrogen-bond donors (Lipinski definition) is 2. The summed E-state index contributed by atoms with van der Waals surface area (Å²) in [7, 11) is 0. The van der Waals surface area contributed by atoms with Crippen molar-refractivity contribution in [2.45, 2.75) is 45.8 Å². The summed E-state index contributed by atoms with van der Waals surface area (Å²) in [5.74, 6) is 4.75. The first-order chi connectivity index (χ1) is 5.61. The molecule has 3 N–H and O–H groups in total. The van der Waals surface area contributed by atoms with Crippen molar-refractivity contribution in [2.75, 3.05) is 0 Å². The molecule has 72 valence electrons. The van der Waals surface area contributed by atoms with E-state index in [4.69, 9.17) is 10.6 Å². The van der Waals surface area contributed by atoms with Crippen molar-refractivity contribution in [2.24, 2.45) is 5.84 Å². The maximum Gasteiger partial charge on any atom is 0.262 e. The zero-order valence-corrected chi connectivity index (χ0v) is 7.96. The first kappa shape index (κ1) is 11.4. The molecule has 0 saturated heterocycles. The highest BCUT2D eigenvalue weighted by molar-refractivity contribution is 5.80. The molecule has 0 spiro atoms. The summed E-state index contributed by atoms with van der Waals surface area (Å²) in [6.07, 6.45) is 1.27. The Balaban J connectivity index is 3.94. The molecule has 0 heterocycles. The molecule has 0 aliphatic carbocycles. The van der Waals surface area contributed by atoms with E-state index in [-0.39, 0.29) is 12.0 Å². The topological polar surface area (TPSA) is 64.3 Å². The van der Waals surface area contributed by atoms with Gasteiger partial charge in [0.2, 0.25) is 0 Å². The minimum Gasteiger partial charge on any atom is -0.366 e. The van der Waals surface area contributed by atoms with Crippen LogP contribution < -0.4 is 11.3 Å². The van der Waals surface area contributed by atoms with E-state index in [2.05, 4.69) is 5.43 Å². The summed E-state index contributed by atoms with van der Waals surface area (Å²) in [5, 5.41) is 0. The van der Waals surface area contributed by atoms with Gasteiger partial charge in [0.1, 0.15) is 6.10 Å². The van der Waals surface area contributed by atoms with Crippen molar-refractivity contribution in [1.29, 1.82) is 0 Å². The molecule has 0 aromatic heterocycles. The summed E-state index contributed by atoms with van der Waals surface area (Å²) in [6, 6.07) is 0. The van der Waals surface area contributed by atoms with Crippen molar-refractivity contribution < 1.29 is 9.53 Å². The van der Waals surface area contributed by atoms with Crippen molar-refractivity contribution in [3.8, 4) is 0 Å². The molecular formula is C8H18N2O2. The first-order valence-corrected chi connectivity index (χ1v) is 4.27. The minimum atomic E-state index is -0.403. The first-order valence-electron chi connectivity index (χ1n) is 4.27. The van der Waals surface area contributed by atoms with Crippen LogP contribution in [0.3, 0.4) is 0 Å². The zero-order valence-electron chi connectivity index (χ0n) is 7.96. The Kier molecular flexibility index (Phi) is 5.66. The molecule has 0 bridgehead atoms. The van der Waals surface area contributed by atoms with Crippen LogP contribution >= 0.6 is 0 Å². The van der Waals surface area contributed by atoms with Gasteiger partial charge in [0.15, 0.2) is 0 Å². The number of nitrogens with one attached hydrogen (secondary N) is 1. The van der Waals surface area contributed by atoms with E-state index in [1.54, 1.807) is 0 Å². The molecule has 1 amide bonds. The number of amides is 1. The van der Waals surface area contributed by atoms with Gasteiger partial charge in [-0.3, -0.25) is 10.2 Å². The number of carbonyl (C=O) groups is 1. The smallest absolute Gasteiger partial charge is 0.262 e. The van der Waals surface area contributed by atoms with Crippen LogP contribution in [0, 0.1) is 0 Å². The van der Waals surface area contributed by atoms with E-state index >= 15 is 0 Å². The Morgan fingerprint density at radius 3 is 2.50 bits per heavy atom. The van der Waals surface area contributed by atoms with E-state index in [9.17, 15) is 4.79 Å². The fourth-order valence-corrected chi connectivity index (χ4v) is 0.945. The van der Waals surface area contributed by atoms with Crippen LogP contribution in [0.15, 0.2) is 0 Å². The lowest BCUT2D eigenvalue weighted by Crippen LogP contribution is -2.41. The van der Waals surface area contributed by atoms with Gasteiger partial charge < -0.3 is 4.74 Å². The minimum absolute atomic E-state index is 0.0545. The third kappa shape index (κ3) is 4.31. The van der Waals surface area contributed by atoms with Crippen LogP contribution in [0.4, 0.5) is 0 Å². The third-order valence-electron chi connectivity index (χ3n) is 1.42. The van der Waals surface area contributed by atoms with Crippen LogP contribution in [0.1, 0.15) is 33.6 Å². The lowest BCUT2D eigenvalue weighted by Gasteiger charge is -2.17. The predicted octanol–water partition coefficient (Wildman–Crippen LogP) is 0.570. The Labute approximate surface area is 73.4 Å². The molecule has 0 aromatic carbocycles. The highest BCUT2D eigenvalue weighted by Crippen LogP contribution is 2.05. The SMILES string of the molecule is CCCC(OC(C)C)C(=O)NN. The van der Waals surface area contributed by atoms with Gasteiger partial charge in [0.25, 0.3) is 5.91 Å². The van der Waals surface area contributed by atoms with E-state index in [1.807, 2.05) is 20.8 Å². The largest absolute Gasteiger partial charge is 0.366 e. The Bertz CT molecular complexity index is 137. The molecular weight excluding hydrogens is 156 g/mol. The molecule has 0 aliphatic heterocycles. The summed E-state index contributed by atoms with van der Waals surface area (Å²) >= 11 is 0. The number of nitrogens with two attached hydrogens (primary N) is 1. The Morgan fingerprint density at radius 2 is 2.17 bits per heavy atom. The number of rotatable bonds is 5. The highest BCUT2D eigenvalue weighted by Gasteiger charge is 2.17. The molecule has 0 aromatic rings. The van der Waals surface area contributed by atoms with E-state index in [1.165, 1.54) is 0 Å². The van der Waals surface area contributed by atoms with Gasteiger partial charge >= 0.3 is 0 Å². The maximum absolute atomic E-state index is 11.1. The van der Waals surface area contributed by atoms with Gasteiger partial charge in [-0.05, 0) is 20.3 Å². The van der Waals surface area contributed by atoms with Crippen LogP contribution in [0.5, 0.6) is 0 Å². The van der Waals surface area contributed by atoms with Crippen LogP contribution in [-0.4, -0.2) is 18.1 Å². The number of ether oxygens (including phenoxy) is 1. The second-order valence-corrected chi connectivity index (χ2v) is 2.97. The van der Waals surface area contributed by atoms with Gasteiger partial charge in [-0.15, -0.1) is 0 Å². The fourth-order valence-electron chi connectivity index (χ4n) is 0.945. The summed E-state index contributed by atoms with van der Waals surface area (Å²) in [6.45, 7) is 5.79. The average molecular weight is 174 g/mol. The standard InChI is InChI=1S/C8H18N2O2/c1-4-5-7(8(11)10-9)12-6(2)3/h6-7H,4-5,9H2,1-3H3,(H,10,11). The van der Waals surface area contributed by atoms with E-state index in [0.717, 1.165) is 6.42 Å². The lowest BCUT2D eigenvalue weighted by molar-refractivity contribution is -0.136. The molecule has 1 atom stereocenters. The van der Waals surface area contributed by atoms with Crippen molar-refractivity contribution >= 4 is 5.91 Å². The molecule has 0 fully saturated rings. The third-order valence-corrected chi connectivity index (χ3v) is 1.42. The van der Waals surface area contributed by atoms with Crippen LogP contribution in [-0.2, 0) is 9.53 Å². The number of hydrazine groups is 1. The highest BCUT2D eigenvalue weighted by atomic mass is 16.5. The van der Waals surface area contributed by atoms with Gasteiger partial charge in [0.05, 0.1) is 6.10 Å². The van der Waals surface area contributed by atoms with Gasteiger partial charge in [-0.25, -0.2) is 5.84 Å². The fraction of sp³-hybridized carbons (Fsp3) is 0.875. The van der Waals surface area contributed by atoms with Crippen molar-refractivity contribution in [3.05, 3.63) is 0 Å². The normalized spacial score (nSPS) is 13.1.